The minimum Gasteiger partial charge on any atom is -0.294 e. The van der Waals surface area contributed by atoms with E-state index in [1.54, 1.807) is 12.4 Å². The molecule has 0 unspecified atom stereocenters. The van der Waals surface area contributed by atoms with Gasteiger partial charge < -0.3 is 0 Å². The van der Waals surface area contributed by atoms with Crippen molar-refractivity contribution in [2.24, 2.45) is 15.7 Å². The van der Waals surface area contributed by atoms with Crippen molar-refractivity contribution in [2.45, 2.75) is 115 Å². The third-order valence-corrected chi connectivity index (χ3v) is 9.04. The Morgan fingerprint density at radius 2 is 0.579 bits per heavy atom. The van der Waals surface area contributed by atoms with E-state index in [0.29, 0.717) is 0 Å². The predicted molar refractivity (Wildman–Crippen MR) is 184 cm³/mol. The zero-order valence-corrected chi connectivity index (χ0v) is 30.6. The second-order valence-corrected chi connectivity index (χ2v) is 13.2. The third kappa shape index (κ3) is 11.2. The quantitative estimate of drug-likeness (QED) is 0.0566. The van der Waals surface area contributed by atoms with Crippen LogP contribution in [0.15, 0.2) is 9.98 Å². The molecule has 0 spiro atoms. The van der Waals surface area contributed by atoms with E-state index in [1.165, 1.54) is 89.9 Å². The molecule has 0 radical (unpaired) electrons. The van der Waals surface area contributed by atoms with Crippen molar-refractivity contribution in [3.8, 4) is 0 Å². The van der Waals surface area contributed by atoms with E-state index in [9.17, 15) is 65.9 Å². The van der Waals surface area contributed by atoms with E-state index in [4.69, 9.17) is 5.73 Å². The highest BCUT2D eigenvalue weighted by Gasteiger charge is 2.41. The Labute approximate surface area is 318 Å². The monoisotopic (exact) mass is 836 g/mol. The molecular weight excluding hydrogens is 797 g/mol. The molecule has 0 saturated heterocycles. The first kappa shape index (κ1) is 47.1. The van der Waals surface area contributed by atoms with Gasteiger partial charge in [-0.3, -0.25) is 10.6 Å². The fraction of sp³-hybridized carbons (Fsp3) is 0.474. The van der Waals surface area contributed by atoms with Crippen LogP contribution in [0.25, 0.3) is 0 Å². The van der Waals surface area contributed by atoms with Crippen LogP contribution in [0.4, 0.5) is 82.9 Å². The van der Waals surface area contributed by atoms with Gasteiger partial charge in [-0.25, -0.2) is 75.8 Å². The maximum absolute atomic E-state index is 14.3. The molecule has 0 amide bonds. The first-order chi connectivity index (χ1) is 26.9. The minimum atomic E-state index is -3.12. The summed E-state index contributed by atoms with van der Waals surface area (Å²) in [6.45, 7) is 2.29. The van der Waals surface area contributed by atoms with Gasteiger partial charge in [0.2, 0.25) is 23.2 Å². The van der Waals surface area contributed by atoms with Gasteiger partial charge in [0, 0.05) is 18.9 Å². The van der Waals surface area contributed by atoms with Gasteiger partial charge in [-0.1, -0.05) is 96.8 Å². The molecule has 4 nitrogen and oxygen atoms in total. The van der Waals surface area contributed by atoms with E-state index in [0.717, 1.165) is 12.8 Å². The van der Waals surface area contributed by atoms with Crippen LogP contribution in [0.5, 0.6) is 0 Å². The molecule has 0 aromatic heterocycles. The van der Waals surface area contributed by atoms with E-state index < -0.39 is 115 Å². The molecule has 0 aliphatic carbocycles. The third-order valence-electron chi connectivity index (χ3n) is 9.04. The number of nitrogens with two attached hydrogens (primary N) is 1. The predicted octanol–water partition coefficient (Wildman–Crippen LogP) is 13.3. The molecule has 4 rings (SSSR count). The summed E-state index contributed by atoms with van der Waals surface area (Å²) in [4.78, 5) is 6.85. The number of unbranched alkanes of at least 4 members (excludes halogenated alkanes) is 14. The van der Waals surface area contributed by atoms with Crippen molar-refractivity contribution in [3.63, 3.8) is 0 Å². The highest BCUT2D eigenvalue weighted by Crippen LogP contribution is 2.46. The first-order valence-electron chi connectivity index (χ1n) is 18.2. The molecule has 3 aromatic rings. The molecule has 57 heavy (non-hydrogen) atoms. The van der Waals surface area contributed by atoms with Crippen LogP contribution >= 0.6 is 0 Å². The Balaban J connectivity index is 0.000000331. The van der Waals surface area contributed by atoms with E-state index in [2.05, 4.69) is 16.9 Å². The number of hydrogen-bond acceptors (Lipinski definition) is 4. The molecule has 0 atom stereocenters. The van der Waals surface area contributed by atoms with Crippen molar-refractivity contribution < 1.29 is 65.9 Å². The molecular formula is C38H39F15N4. The summed E-state index contributed by atoms with van der Waals surface area (Å²) in [6.07, 6.45) is 25.2. The van der Waals surface area contributed by atoms with Crippen LogP contribution in [0.1, 0.15) is 110 Å². The van der Waals surface area contributed by atoms with Crippen molar-refractivity contribution in [1.29, 1.82) is 0 Å². The van der Waals surface area contributed by atoms with Gasteiger partial charge in [0.25, 0.3) is 0 Å². The summed E-state index contributed by atoms with van der Waals surface area (Å²) in [5.74, 6) is -46.6. The van der Waals surface area contributed by atoms with Crippen LogP contribution in [0.3, 0.4) is 0 Å². The van der Waals surface area contributed by atoms with Crippen molar-refractivity contribution in [3.05, 3.63) is 87.3 Å². The van der Waals surface area contributed by atoms with E-state index >= 15 is 0 Å². The standard InChI is InChI=1S/C20H39N3.C18F15N/c1-2-3-4-5-6-7-8-9-10-11-12-13-14-15-16-17-20(21)22-18-19-23-20;19-1-4(22)10(28)16(11(29)5(1)23)34(17-12(30)6(24)2(20)7(25)13(17)31)18-14(32)8(26)3(21)9(27)15(18)33/h18-19H,2-17,21H2,1H3;. The lowest BCUT2D eigenvalue weighted by molar-refractivity contribution is 0.369. The normalized spacial score (nSPS) is 13.1. The zero-order chi connectivity index (χ0) is 42.6. The van der Waals surface area contributed by atoms with Gasteiger partial charge in [-0.15, -0.1) is 0 Å². The molecule has 316 valence electrons. The summed E-state index contributed by atoms with van der Waals surface area (Å²) >= 11 is 0. The number of aliphatic imine (C=N–C) groups is 2. The number of hydrogen-bond donors (Lipinski definition) is 1. The first-order valence-corrected chi connectivity index (χ1v) is 18.2. The highest BCUT2D eigenvalue weighted by molar-refractivity contribution is 6.17. The van der Waals surface area contributed by atoms with Crippen LogP contribution < -0.4 is 10.6 Å². The van der Waals surface area contributed by atoms with Crippen LogP contribution in [0, 0.1) is 87.3 Å². The largest absolute Gasteiger partial charge is 0.294 e. The van der Waals surface area contributed by atoms with E-state index in [1.807, 2.05) is 0 Å². The van der Waals surface area contributed by atoms with Crippen LogP contribution in [-0.2, 0) is 0 Å². The maximum Gasteiger partial charge on any atom is 0.201 e. The molecule has 1 aliphatic heterocycles. The van der Waals surface area contributed by atoms with Crippen LogP contribution in [0.2, 0.25) is 0 Å². The van der Waals surface area contributed by atoms with Crippen molar-refractivity contribution >= 4 is 29.5 Å². The van der Waals surface area contributed by atoms with Gasteiger partial charge in [-0.2, -0.15) is 0 Å². The minimum absolute atomic E-state index is 0.628. The van der Waals surface area contributed by atoms with Gasteiger partial charge >= 0.3 is 0 Å². The second-order valence-electron chi connectivity index (χ2n) is 13.2. The molecule has 3 aromatic carbocycles. The highest BCUT2D eigenvalue weighted by atomic mass is 19.2. The van der Waals surface area contributed by atoms with E-state index in [-0.39, 0.29) is 0 Å². The molecule has 2 N–H and O–H groups in total. The average Bonchev–Trinajstić information content (AvgIpc) is 3.63. The number of benzene rings is 3. The Kier molecular flexibility index (Phi) is 17.7. The Hall–Kier alpha value is -4.29. The summed E-state index contributed by atoms with van der Waals surface area (Å²) in [7, 11) is 0. The average molecular weight is 837 g/mol. The molecule has 1 heterocycles. The number of anilines is 3. The number of rotatable bonds is 19. The summed E-state index contributed by atoms with van der Waals surface area (Å²) in [6, 6.07) is 0. The SMILES string of the molecule is CCCCCCCCCCCCCCCCCC1(N)N=CC=N1.Fc1c(F)c(F)c(N(c2c(F)c(F)c(F)c(F)c2F)c2c(F)c(F)c(F)c(F)c2F)c(F)c1F. The smallest absolute Gasteiger partial charge is 0.201 e. The van der Waals surface area contributed by atoms with Gasteiger partial charge in [0.15, 0.2) is 69.8 Å². The zero-order valence-electron chi connectivity index (χ0n) is 30.6. The lowest BCUT2D eigenvalue weighted by atomic mass is 10.0. The fourth-order valence-corrected chi connectivity index (χ4v) is 5.95. The molecule has 1 aliphatic rings. The van der Waals surface area contributed by atoms with Gasteiger partial charge in [-0.05, 0) is 6.42 Å². The Morgan fingerprint density at radius 1 is 0.368 bits per heavy atom. The lowest BCUT2D eigenvalue weighted by Gasteiger charge is -2.28. The second kappa shape index (κ2) is 21.5. The maximum atomic E-state index is 14.3. The molecule has 0 fully saturated rings. The van der Waals surface area contributed by atoms with Crippen molar-refractivity contribution in [2.75, 3.05) is 4.90 Å². The number of nitrogens with zero attached hydrogens (tertiary/aromatic N) is 3. The molecule has 0 bridgehead atoms. The summed E-state index contributed by atoms with van der Waals surface area (Å²) in [5, 5.41) is 0. The van der Waals surface area contributed by atoms with Crippen molar-refractivity contribution in [1.82, 2.24) is 0 Å². The fourth-order valence-electron chi connectivity index (χ4n) is 5.95. The van der Waals surface area contributed by atoms with Crippen LogP contribution in [-0.4, -0.2) is 18.2 Å². The topological polar surface area (TPSA) is 54.0 Å². The lowest BCUT2D eigenvalue weighted by Crippen LogP contribution is -2.33. The number of halogens is 15. The molecule has 0 saturated carbocycles. The van der Waals surface area contributed by atoms with Gasteiger partial charge in [0.1, 0.15) is 17.1 Å². The molecule has 19 heteroatoms. The summed E-state index contributed by atoms with van der Waals surface area (Å²) < 4.78 is 208. The van der Waals surface area contributed by atoms with Gasteiger partial charge in [0.05, 0.1) is 0 Å². The Bertz CT molecular complexity index is 1650. The Morgan fingerprint density at radius 3 is 0.825 bits per heavy atom. The summed E-state index contributed by atoms with van der Waals surface area (Å²) in [5.41, 5.74) is -2.52.